The number of hydrogen-bond donors (Lipinski definition) is 1. The molecular weight excluding hydrogens is 317 g/mol. The Morgan fingerprint density at radius 1 is 1.17 bits per heavy atom. The normalized spacial score (nSPS) is 12.1. The van der Waals surface area contributed by atoms with Crippen molar-refractivity contribution in [2.45, 2.75) is 20.0 Å². The number of benzene rings is 1. The van der Waals surface area contributed by atoms with E-state index in [-0.39, 0.29) is 0 Å². The summed E-state index contributed by atoms with van der Waals surface area (Å²) in [6, 6.07) is 4.99. The minimum absolute atomic E-state index is 0.427. The van der Waals surface area contributed by atoms with E-state index < -0.39 is 11.7 Å². The molecule has 0 aliphatic heterocycles. The summed E-state index contributed by atoms with van der Waals surface area (Å²) in [6.07, 6.45) is 0.856. The minimum Gasteiger partial charge on any atom is -0.367 e. The van der Waals surface area contributed by atoms with Crippen LogP contribution in [-0.2, 0) is 6.18 Å². The van der Waals surface area contributed by atoms with Gasteiger partial charge in [0.25, 0.3) is 0 Å². The number of nitrogens with one attached hydrogen (secondary N) is 1. The Bertz CT molecular complexity index is 835. The first-order valence-corrected chi connectivity index (χ1v) is 7.60. The van der Waals surface area contributed by atoms with E-state index >= 15 is 0 Å². The molecule has 0 radical (unpaired) electrons. The Labute approximate surface area is 137 Å². The molecule has 0 saturated carbocycles. The summed E-state index contributed by atoms with van der Waals surface area (Å²) in [5, 5.41) is 3.24. The van der Waals surface area contributed by atoms with Crippen molar-refractivity contribution in [1.29, 1.82) is 0 Å². The van der Waals surface area contributed by atoms with Gasteiger partial charge in [0.2, 0.25) is 0 Å². The third-order valence-electron chi connectivity index (χ3n) is 3.56. The van der Waals surface area contributed by atoms with E-state index in [0.29, 0.717) is 28.6 Å². The maximum Gasteiger partial charge on any atom is 0.416 e. The van der Waals surface area contributed by atoms with Crippen molar-refractivity contribution in [3.63, 3.8) is 0 Å². The molecule has 0 fully saturated rings. The molecule has 0 atom stereocenters. The second-order valence-electron chi connectivity index (χ2n) is 5.98. The van der Waals surface area contributed by atoms with Gasteiger partial charge in [-0.2, -0.15) is 13.2 Å². The average molecular weight is 334 g/mol. The zero-order valence-corrected chi connectivity index (χ0v) is 13.3. The van der Waals surface area contributed by atoms with Gasteiger partial charge < -0.3 is 9.72 Å². The Morgan fingerprint density at radius 2 is 1.88 bits per heavy atom. The maximum atomic E-state index is 12.7. The highest BCUT2D eigenvalue weighted by Crippen LogP contribution is 2.31. The van der Waals surface area contributed by atoms with Crippen molar-refractivity contribution in [1.82, 2.24) is 14.4 Å². The van der Waals surface area contributed by atoms with Gasteiger partial charge in [-0.3, -0.25) is 0 Å². The fourth-order valence-electron chi connectivity index (χ4n) is 2.32. The van der Waals surface area contributed by atoms with Gasteiger partial charge in [0.1, 0.15) is 0 Å². The number of fused-ring (bicyclic) bond motifs is 1. The maximum absolute atomic E-state index is 12.7. The van der Waals surface area contributed by atoms with Gasteiger partial charge in [0, 0.05) is 30.7 Å². The largest absolute Gasteiger partial charge is 0.416 e. The second-order valence-corrected chi connectivity index (χ2v) is 5.98. The zero-order valence-electron chi connectivity index (χ0n) is 13.3. The Balaban J connectivity index is 2.00. The highest BCUT2D eigenvalue weighted by atomic mass is 19.4. The number of alkyl halides is 3. The molecule has 1 N–H and O–H groups in total. The van der Waals surface area contributed by atoms with E-state index in [2.05, 4.69) is 29.1 Å². The molecule has 24 heavy (non-hydrogen) atoms. The summed E-state index contributed by atoms with van der Waals surface area (Å²) >= 11 is 0. The number of nitrogens with zero attached hydrogens (tertiary/aromatic N) is 3. The SMILES string of the molecule is CC(C)CNc1nc(-c2ccc(C(F)(F)F)cc2)cn2ccnc12. The third kappa shape index (κ3) is 3.34. The number of anilines is 1. The summed E-state index contributed by atoms with van der Waals surface area (Å²) < 4.78 is 39.9. The van der Waals surface area contributed by atoms with Crippen LogP contribution in [0.1, 0.15) is 19.4 Å². The van der Waals surface area contributed by atoms with Gasteiger partial charge in [-0.25, -0.2) is 9.97 Å². The molecule has 4 nitrogen and oxygen atoms in total. The van der Waals surface area contributed by atoms with Crippen LogP contribution in [0.4, 0.5) is 19.0 Å². The molecule has 126 valence electrons. The summed E-state index contributed by atoms with van der Waals surface area (Å²) in [6.45, 7) is 4.89. The van der Waals surface area contributed by atoms with E-state index in [9.17, 15) is 13.2 Å². The number of imidazole rings is 1. The molecule has 0 spiro atoms. The Hall–Kier alpha value is -2.57. The summed E-state index contributed by atoms with van der Waals surface area (Å²) in [5.74, 6) is 1.04. The van der Waals surface area contributed by atoms with Crippen LogP contribution < -0.4 is 5.32 Å². The van der Waals surface area contributed by atoms with Crippen LogP contribution in [0.5, 0.6) is 0 Å². The fourth-order valence-corrected chi connectivity index (χ4v) is 2.32. The smallest absolute Gasteiger partial charge is 0.367 e. The van der Waals surface area contributed by atoms with Crippen LogP contribution in [0, 0.1) is 5.92 Å². The van der Waals surface area contributed by atoms with Gasteiger partial charge in [-0.15, -0.1) is 0 Å². The minimum atomic E-state index is -4.34. The van der Waals surface area contributed by atoms with Crippen LogP contribution in [0.25, 0.3) is 16.9 Å². The van der Waals surface area contributed by atoms with Crippen molar-refractivity contribution in [3.8, 4) is 11.3 Å². The predicted molar refractivity (Wildman–Crippen MR) is 86.8 cm³/mol. The van der Waals surface area contributed by atoms with Crippen LogP contribution in [0.15, 0.2) is 42.9 Å². The molecule has 3 aromatic rings. The van der Waals surface area contributed by atoms with E-state index in [0.717, 1.165) is 18.7 Å². The first-order chi connectivity index (χ1) is 11.3. The molecule has 3 rings (SSSR count). The quantitative estimate of drug-likeness (QED) is 0.765. The summed E-state index contributed by atoms with van der Waals surface area (Å²) in [5.41, 5.74) is 1.21. The highest BCUT2D eigenvalue weighted by molar-refractivity contribution is 5.69. The molecule has 2 aromatic heterocycles. The number of rotatable bonds is 4. The number of hydrogen-bond acceptors (Lipinski definition) is 3. The molecular formula is C17H17F3N4. The van der Waals surface area contributed by atoms with Crippen molar-refractivity contribution in [2.75, 3.05) is 11.9 Å². The molecule has 0 aliphatic carbocycles. The zero-order chi connectivity index (χ0) is 17.3. The molecule has 0 saturated heterocycles. The van der Waals surface area contributed by atoms with Crippen molar-refractivity contribution in [2.24, 2.45) is 5.92 Å². The first-order valence-electron chi connectivity index (χ1n) is 7.60. The standard InChI is InChI=1S/C17H17F3N4/c1-11(2)9-22-15-16-21-7-8-24(16)10-14(23-15)12-3-5-13(6-4-12)17(18,19)20/h3-8,10-11H,9H2,1-2H3,(H,22,23). The van der Waals surface area contributed by atoms with Crippen LogP contribution in [-0.4, -0.2) is 20.9 Å². The summed E-state index contributed by atoms with van der Waals surface area (Å²) in [4.78, 5) is 8.80. The molecule has 0 unspecified atom stereocenters. The van der Waals surface area contributed by atoms with Gasteiger partial charge in [-0.1, -0.05) is 26.0 Å². The molecule has 7 heteroatoms. The number of aromatic nitrogens is 3. The van der Waals surface area contributed by atoms with E-state index in [1.165, 1.54) is 12.1 Å². The topological polar surface area (TPSA) is 42.2 Å². The van der Waals surface area contributed by atoms with Gasteiger partial charge in [0.15, 0.2) is 11.5 Å². The van der Waals surface area contributed by atoms with Crippen LogP contribution >= 0.6 is 0 Å². The van der Waals surface area contributed by atoms with Gasteiger partial charge in [-0.05, 0) is 18.1 Å². The van der Waals surface area contributed by atoms with Crippen LogP contribution in [0.2, 0.25) is 0 Å². The van der Waals surface area contributed by atoms with E-state index in [1.54, 1.807) is 18.6 Å². The number of halogens is 3. The lowest BCUT2D eigenvalue weighted by Gasteiger charge is -2.12. The molecule has 1 aromatic carbocycles. The fraction of sp³-hybridized carbons (Fsp3) is 0.294. The van der Waals surface area contributed by atoms with Crippen molar-refractivity contribution < 1.29 is 13.2 Å². The third-order valence-corrected chi connectivity index (χ3v) is 3.56. The van der Waals surface area contributed by atoms with E-state index in [1.807, 2.05) is 4.40 Å². The monoisotopic (exact) mass is 334 g/mol. The molecule has 2 heterocycles. The van der Waals surface area contributed by atoms with Gasteiger partial charge in [0.05, 0.1) is 11.3 Å². The molecule has 0 amide bonds. The highest BCUT2D eigenvalue weighted by Gasteiger charge is 2.30. The first kappa shape index (κ1) is 16.3. The lowest BCUT2D eigenvalue weighted by atomic mass is 10.1. The van der Waals surface area contributed by atoms with Gasteiger partial charge >= 0.3 is 6.18 Å². The van der Waals surface area contributed by atoms with Crippen molar-refractivity contribution >= 4 is 11.5 Å². The summed E-state index contributed by atoms with van der Waals surface area (Å²) in [7, 11) is 0. The molecule has 0 bridgehead atoms. The molecule has 0 aliphatic rings. The second kappa shape index (κ2) is 6.14. The average Bonchev–Trinajstić information content (AvgIpc) is 3.00. The lowest BCUT2D eigenvalue weighted by molar-refractivity contribution is -0.137. The lowest BCUT2D eigenvalue weighted by Crippen LogP contribution is -2.11. The van der Waals surface area contributed by atoms with E-state index in [4.69, 9.17) is 0 Å². The Kier molecular flexibility index (Phi) is 4.17. The van der Waals surface area contributed by atoms with Crippen molar-refractivity contribution in [3.05, 3.63) is 48.4 Å². The Morgan fingerprint density at radius 3 is 2.50 bits per heavy atom. The predicted octanol–water partition coefficient (Wildman–Crippen LogP) is 4.48. The van der Waals surface area contributed by atoms with Crippen LogP contribution in [0.3, 0.4) is 0 Å².